The Bertz CT molecular complexity index is 798. The van der Waals surface area contributed by atoms with Gasteiger partial charge in [0.15, 0.2) is 0 Å². The number of rotatable bonds is 8. The van der Waals surface area contributed by atoms with Crippen LogP contribution < -0.4 is 5.32 Å². The summed E-state index contributed by atoms with van der Waals surface area (Å²) < 4.78 is 0. The molecule has 27 heavy (non-hydrogen) atoms. The molecule has 0 spiro atoms. The van der Waals surface area contributed by atoms with Crippen LogP contribution in [0.25, 0.3) is 11.3 Å². The highest BCUT2D eigenvalue weighted by atomic mass is 16.4. The maximum atomic E-state index is 12.2. The number of hydrogen-bond donors (Lipinski definition) is 2. The maximum absolute atomic E-state index is 12.2. The summed E-state index contributed by atoms with van der Waals surface area (Å²) in [5, 5.41) is 20.4. The Morgan fingerprint density at radius 3 is 2.44 bits per heavy atom. The predicted octanol–water partition coefficient (Wildman–Crippen LogP) is 3.83. The van der Waals surface area contributed by atoms with Crippen molar-refractivity contribution >= 4 is 11.9 Å². The zero-order valence-corrected chi connectivity index (χ0v) is 16.3. The van der Waals surface area contributed by atoms with Crippen molar-refractivity contribution in [3.8, 4) is 11.3 Å². The molecule has 1 aromatic carbocycles. The Balaban J connectivity index is 2.31. The number of aliphatic carboxylic acids is 1. The number of hydrogen-bond acceptors (Lipinski definition) is 4. The van der Waals surface area contributed by atoms with Gasteiger partial charge in [0.25, 0.3) is 0 Å². The normalized spacial score (nSPS) is 12.0. The second kappa shape index (κ2) is 9.26. The van der Waals surface area contributed by atoms with Crippen LogP contribution in [0.3, 0.4) is 0 Å². The van der Waals surface area contributed by atoms with Crippen LogP contribution in [0.5, 0.6) is 0 Å². The van der Waals surface area contributed by atoms with Crippen LogP contribution in [-0.2, 0) is 9.59 Å². The first-order valence-electron chi connectivity index (χ1n) is 9.18. The first kappa shape index (κ1) is 20.6. The standard InChI is InChI=1S/C21H27N3O3/c1-13(2)8-9-19(25)23-17(11-20(26)27)16-10-18(24-22-12-16)21-14(3)6-5-7-15(21)4/h5-7,10,12-13,17H,8-9,11H2,1-4H3,(H,23,25)(H,26,27). The van der Waals surface area contributed by atoms with E-state index < -0.39 is 12.0 Å². The zero-order chi connectivity index (χ0) is 20.0. The van der Waals surface area contributed by atoms with Gasteiger partial charge in [-0.15, -0.1) is 0 Å². The van der Waals surface area contributed by atoms with Gasteiger partial charge in [0.1, 0.15) is 0 Å². The molecule has 0 aliphatic carbocycles. The minimum absolute atomic E-state index is 0.152. The molecular weight excluding hydrogens is 342 g/mol. The molecule has 0 aliphatic heterocycles. The molecule has 1 heterocycles. The van der Waals surface area contributed by atoms with E-state index in [4.69, 9.17) is 0 Å². The number of carboxylic acid groups (broad SMARTS) is 1. The average Bonchev–Trinajstić information content (AvgIpc) is 2.59. The van der Waals surface area contributed by atoms with Crippen molar-refractivity contribution in [2.45, 2.75) is 53.0 Å². The summed E-state index contributed by atoms with van der Waals surface area (Å²) in [7, 11) is 0. The zero-order valence-electron chi connectivity index (χ0n) is 16.3. The lowest BCUT2D eigenvalue weighted by molar-refractivity contribution is -0.137. The Hall–Kier alpha value is -2.76. The van der Waals surface area contributed by atoms with Gasteiger partial charge < -0.3 is 10.4 Å². The fourth-order valence-corrected chi connectivity index (χ4v) is 3.03. The molecule has 2 N–H and O–H groups in total. The molecule has 0 bridgehead atoms. The van der Waals surface area contributed by atoms with Gasteiger partial charge in [0.2, 0.25) is 5.91 Å². The van der Waals surface area contributed by atoms with E-state index in [9.17, 15) is 14.7 Å². The Labute approximate surface area is 160 Å². The third kappa shape index (κ3) is 5.88. The van der Waals surface area contributed by atoms with Crippen LogP contribution in [0.1, 0.15) is 55.8 Å². The van der Waals surface area contributed by atoms with Gasteiger partial charge >= 0.3 is 5.97 Å². The summed E-state index contributed by atoms with van der Waals surface area (Å²) in [6.45, 7) is 8.09. The lowest BCUT2D eigenvalue weighted by Crippen LogP contribution is -2.30. The van der Waals surface area contributed by atoms with Crippen LogP contribution in [0.2, 0.25) is 0 Å². The molecule has 1 amide bonds. The highest BCUT2D eigenvalue weighted by molar-refractivity contribution is 5.78. The molecule has 2 aromatic rings. The molecule has 0 saturated heterocycles. The second-order valence-corrected chi connectivity index (χ2v) is 7.29. The Morgan fingerprint density at radius 1 is 1.19 bits per heavy atom. The molecule has 1 aromatic heterocycles. The smallest absolute Gasteiger partial charge is 0.305 e. The predicted molar refractivity (Wildman–Crippen MR) is 104 cm³/mol. The van der Waals surface area contributed by atoms with Gasteiger partial charge in [-0.3, -0.25) is 9.59 Å². The third-order valence-electron chi connectivity index (χ3n) is 4.48. The summed E-state index contributed by atoms with van der Waals surface area (Å²) in [4.78, 5) is 23.5. The van der Waals surface area contributed by atoms with E-state index in [1.54, 1.807) is 0 Å². The van der Waals surface area contributed by atoms with E-state index in [2.05, 4.69) is 15.5 Å². The molecule has 6 nitrogen and oxygen atoms in total. The number of carbonyl (C=O) groups is 2. The molecule has 0 aliphatic rings. The van der Waals surface area contributed by atoms with Crippen LogP contribution in [0, 0.1) is 19.8 Å². The number of nitrogens with zero attached hydrogens (tertiary/aromatic N) is 2. The van der Waals surface area contributed by atoms with Gasteiger partial charge in [-0.1, -0.05) is 32.0 Å². The molecule has 6 heteroatoms. The number of aromatic nitrogens is 2. The highest BCUT2D eigenvalue weighted by Crippen LogP contribution is 2.27. The fraction of sp³-hybridized carbons (Fsp3) is 0.429. The topological polar surface area (TPSA) is 92.2 Å². The second-order valence-electron chi connectivity index (χ2n) is 7.29. The summed E-state index contributed by atoms with van der Waals surface area (Å²) in [6.07, 6.45) is 2.45. The molecular formula is C21H27N3O3. The molecule has 1 unspecified atom stereocenters. The highest BCUT2D eigenvalue weighted by Gasteiger charge is 2.20. The molecule has 1 atom stereocenters. The molecule has 0 radical (unpaired) electrons. The molecule has 144 valence electrons. The van der Waals surface area contributed by atoms with Crippen LogP contribution in [-0.4, -0.2) is 27.2 Å². The van der Waals surface area contributed by atoms with Gasteiger partial charge in [-0.05, 0) is 48.9 Å². The van der Waals surface area contributed by atoms with E-state index in [0.29, 0.717) is 23.6 Å². The molecule has 0 fully saturated rings. The number of carbonyl (C=O) groups excluding carboxylic acids is 1. The van der Waals surface area contributed by atoms with E-state index in [1.807, 2.05) is 52.0 Å². The van der Waals surface area contributed by atoms with Crippen molar-refractivity contribution in [3.63, 3.8) is 0 Å². The minimum atomic E-state index is -0.977. The largest absolute Gasteiger partial charge is 0.481 e. The Kier molecular flexibility index (Phi) is 7.05. The number of amides is 1. The van der Waals surface area contributed by atoms with Gasteiger partial charge in [-0.25, -0.2) is 0 Å². The summed E-state index contributed by atoms with van der Waals surface area (Å²) in [5.74, 6) is -0.720. The van der Waals surface area contributed by atoms with Crippen LogP contribution >= 0.6 is 0 Å². The van der Waals surface area contributed by atoms with Crippen molar-refractivity contribution in [2.75, 3.05) is 0 Å². The summed E-state index contributed by atoms with van der Waals surface area (Å²) in [6, 6.07) is 7.16. The third-order valence-corrected chi connectivity index (χ3v) is 4.48. The number of aryl methyl sites for hydroxylation is 2. The van der Waals surface area contributed by atoms with Gasteiger partial charge in [0, 0.05) is 12.0 Å². The molecule has 0 saturated carbocycles. The SMILES string of the molecule is Cc1cccc(C)c1-c1cc(C(CC(=O)O)NC(=O)CCC(C)C)cnn1. The monoisotopic (exact) mass is 369 g/mol. The van der Waals surface area contributed by atoms with Crippen molar-refractivity contribution in [1.29, 1.82) is 0 Å². The van der Waals surface area contributed by atoms with E-state index in [1.165, 1.54) is 6.20 Å². The summed E-state index contributed by atoms with van der Waals surface area (Å²) >= 11 is 0. The Morgan fingerprint density at radius 2 is 1.85 bits per heavy atom. The quantitative estimate of drug-likeness (QED) is 0.738. The number of carboxylic acids is 1. The fourth-order valence-electron chi connectivity index (χ4n) is 3.03. The number of nitrogens with one attached hydrogen (secondary N) is 1. The first-order valence-corrected chi connectivity index (χ1v) is 9.18. The van der Waals surface area contributed by atoms with Gasteiger partial charge in [-0.2, -0.15) is 10.2 Å². The van der Waals surface area contributed by atoms with Crippen molar-refractivity contribution in [3.05, 3.63) is 47.2 Å². The van der Waals surface area contributed by atoms with E-state index in [-0.39, 0.29) is 12.3 Å². The van der Waals surface area contributed by atoms with E-state index in [0.717, 1.165) is 23.1 Å². The van der Waals surface area contributed by atoms with Crippen LogP contribution in [0.4, 0.5) is 0 Å². The van der Waals surface area contributed by atoms with Crippen molar-refractivity contribution in [1.82, 2.24) is 15.5 Å². The average molecular weight is 369 g/mol. The summed E-state index contributed by atoms with van der Waals surface area (Å²) in [5.41, 5.74) is 4.43. The van der Waals surface area contributed by atoms with E-state index >= 15 is 0 Å². The van der Waals surface area contributed by atoms with Gasteiger partial charge in [0.05, 0.1) is 24.4 Å². The van der Waals surface area contributed by atoms with Crippen molar-refractivity contribution in [2.24, 2.45) is 5.92 Å². The first-order chi connectivity index (χ1) is 12.8. The lowest BCUT2D eigenvalue weighted by Gasteiger charge is -2.18. The van der Waals surface area contributed by atoms with Crippen LogP contribution in [0.15, 0.2) is 30.5 Å². The lowest BCUT2D eigenvalue weighted by atomic mass is 9.97. The number of benzene rings is 1. The molecule has 2 rings (SSSR count). The maximum Gasteiger partial charge on any atom is 0.305 e. The minimum Gasteiger partial charge on any atom is -0.481 e. The van der Waals surface area contributed by atoms with Crippen molar-refractivity contribution < 1.29 is 14.7 Å².